The van der Waals surface area contributed by atoms with E-state index in [4.69, 9.17) is 0 Å². The number of carbonyl (C=O) groups is 1. The summed E-state index contributed by atoms with van der Waals surface area (Å²) in [7, 11) is 0. The lowest BCUT2D eigenvalue weighted by Gasteiger charge is -2.12. The second-order valence-electron chi connectivity index (χ2n) is 3.99. The van der Waals surface area contributed by atoms with Crippen molar-refractivity contribution in [3.63, 3.8) is 0 Å². The minimum absolute atomic E-state index is 0.0329. The second kappa shape index (κ2) is 6.15. The number of nitrogens with one attached hydrogen (secondary N) is 1. The number of hydrogen-bond donors (Lipinski definition) is 1. The number of amides is 1. The summed E-state index contributed by atoms with van der Waals surface area (Å²) in [5, 5.41) is 2.42. The van der Waals surface area contributed by atoms with Gasteiger partial charge in [0.15, 0.2) is 0 Å². The molecule has 0 aliphatic rings. The van der Waals surface area contributed by atoms with Crippen LogP contribution in [-0.4, -0.2) is 10.9 Å². The van der Waals surface area contributed by atoms with Crippen LogP contribution in [0.5, 0.6) is 0 Å². The molecule has 110 valence electrons. The molecule has 0 saturated heterocycles. The summed E-state index contributed by atoms with van der Waals surface area (Å²) in [4.78, 5) is 16.0. The zero-order valence-corrected chi connectivity index (χ0v) is 13.4. The Morgan fingerprint density at radius 1 is 1.19 bits per heavy atom. The van der Waals surface area contributed by atoms with Crippen molar-refractivity contribution in [2.24, 2.45) is 0 Å². The van der Waals surface area contributed by atoms with Crippen LogP contribution in [-0.2, 0) is 6.18 Å². The van der Waals surface area contributed by atoms with Gasteiger partial charge in [-0.3, -0.25) is 4.79 Å². The molecule has 0 radical (unpaired) electrons. The van der Waals surface area contributed by atoms with E-state index in [1.807, 2.05) is 0 Å². The van der Waals surface area contributed by atoms with E-state index in [1.54, 1.807) is 6.07 Å². The standard InChI is InChI=1S/C13H7Br2F3N2O/c14-9-4-3-7(13(16,17)18)6-10(9)20-12(21)8-2-1-5-19-11(8)15/h1-6H,(H,20,21). The Morgan fingerprint density at radius 2 is 1.90 bits per heavy atom. The molecule has 1 amide bonds. The monoisotopic (exact) mass is 422 g/mol. The zero-order chi connectivity index (χ0) is 15.6. The first-order valence-corrected chi connectivity index (χ1v) is 7.16. The molecule has 1 N–H and O–H groups in total. The summed E-state index contributed by atoms with van der Waals surface area (Å²) >= 11 is 6.22. The first-order valence-electron chi connectivity index (χ1n) is 5.57. The Bertz CT molecular complexity index is 689. The molecular formula is C13H7Br2F3N2O. The highest BCUT2D eigenvalue weighted by molar-refractivity contribution is 9.10. The quantitative estimate of drug-likeness (QED) is 0.699. The highest BCUT2D eigenvalue weighted by Crippen LogP contribution is 2.34. The molecule has 0 spiro atoms. The van der Waals surface area contributed by atoms with Crippen LogP contribution in [0.25, 0.3) is 0 Å². The van der Waals surface area contributed by atoms with Gasteiger partial charge in [-0.15, -0.1) is 0 Å². The second-order valence-corrected chi connectivity index (χ2v) is 5.59. The molecule has 0 aliphatic heterocycles. The van der Waals surface area contributed by atoms with Gasteiger partial charge in [0.2, 0.25) is 0 Å². The van der Waals surface area contributed by atoms with Crippen molar-refractivity contribution in [1.29, 1.82) is 0 Å². The maximum Gasteiger partial charge on any atom is 0.416 e. The molecule has 3 nitrogen and oxygen atoms in total. The summed E-state index contributed by atoms with van der Waals surface area (Å²) < 4.78 is 38.7. The number of nitrogens with zero attached hydrogens (tertiary/aromatic N) is 1. The SMILES string of the molecule is O=C(Nc1cc(C(F)(F)F)ccc1Br)c1cccnc1Br. The minimum Gasteiger partial charge on any atom is -0.321 e. The van der Waals surface area contributed by atoms with E-state index in [2.05, 4.69) is 42.2 Å². The predicted molar refractivity (Wildman–Crippen MR) is 79.0 cm³/mol. The summed E-state index contributed by atoms with van der Waals surface area (Å²) in [6, 6.07) is 6.09. The van der Waals surface area contributed by atoms with Crippen LogP contribution in [0.15, 0.2) is 45.6 Å². The number of halogens is 5. The van der Waals surface area contributed by atoms with E-state index in [9.17, 15) is 18.0 Å². The topological polar surface area (TPSA) is 42.0 Å². The van der Waals surface area contributed by atoms with Crippen LogP contribution in [0.4, 0.5) is 18.9 Å². The highest BCUT2D eigenvalue weighted by Gasteiger charge is 2.31. The summed E-state index contributed by atoms with van der Waals surface area (Å²) in [5.41, 5.74) is -0.585. The van der Waals surface area contributed by atoms with Crippen molar-refractivity contribution in [2.75, 3.05) is 5.32 Å². The van der Waals surface area contributed by atoms with E-state index in [1.165, 1.54) is 18.3 Å². The van der Waals surface area contributed by atoms with Gasteiger partial charge in [0.1, 0.15) is 4.60 Å². The largest absolute Gasteiger partial charge is 0.416 e. The van der Waals surface area contributed by atoms with Gasteiger partial charge in [-0.2, -0.15) is 13.2 Å². The van der Waals surface area contributed by atoms with Crippen LogP contribution in [0.1, 0.15) is 15.9 Å². The third kappa shape index (κ3) is 3.82. The fourth-order valence-corrected chi connectivity index (χ4v) is 2.32. The third-order valence-corrected chi connectivity index (χ3v) is 3.87. The maximum atomic E-state index is 12.7. The number of rotatable bonds is 2. The number of alkyl halides is 3. The van der Waals surface area contributed by atoms with Crippen LogP contribution < -0.4 is 5.32 Å². The van der Waals surface area contributed by atoms with E-state index >= 15 is 0 Å². The van der Waals surface area contributed by atoms with Crippen molar-refractivity contribution >= 4 is 43.5 Å². The molecule has 2 aromatic rings. The molecule has 1 heterocycles. The molecule has 2 rings (SSSR count). The fourth-order valence-electron chi connectivity index (χ4n) is 1.54. The first kappa shape index (κ1) is 16.0. The number of hydrogen-bond acceptors (Lipinski definition) is 2. The van der Waals surface area contributed by atoms with E-state index in [0.717, 1.165) is 12.1 Å². The van der Waals surface area contributed by atoms with Gasteiger partial charge in [0.25, 0.3) is 5.91 Å². The number of benzene rings is 1. The molecule has 0 aliphatic carbocycles. The van der Waals surface area contributed by atoms with Gasteiger partial charge in [0, 0.05) is 10.7 Å². The van der Waals surface area contributed by atoms with Crippen molar-refractivity contribution in [3.05, 3.63) is 56.7 Å². The number of pyridine rings is 1. The van der Waals surface area contributed by atoms with Crippen molar-refractivity contribution in [2.45, 2.75) is 6.18 Å². The molecule has 21 heavy (non-hydrogen) atoms. The fraction of sp³-hybridized carbons (Fsp3) is 0.0769. The lowest BCUT2D eigenvalue weighted by atomic mass is 10.2. The summed E-state index contributed by atoms with van der Waals surface area (Å²) in [6.45, 7) is 0. The van der Waals surface area contributed by atoms with Crippen molar-refractivity contribution < 1.29 is 18.0 Å². The van der Waals surface area contributed by atoms with Crippen LogP contribution >= 0.6 is 31.9 Å². The normalized spacial score (nSPS) is 11.3. The molecule has 0 atom stereocenters. The smallest absolute Gasteiger partial charge is 0.321 e. The number of carbonyl (C=O) groups excluding carboxylic acids is 1. The number of aromatic nitrogens is 1. The lowest BCUT2D eigenvalue weighted by molar-refractivity contribution is -0.137. The molecule has 1 aromatic carbocycles. The van der Waals surface area contributed by atoms with Gasteiger partial charge >= 0.3 is 6.18 Å². The Balaban J connectivity index is 2.31. The van der Waals surface area contributed by atoms with E-state index in [0.29, 0.717) is 9.08 Å². The van der Waals surface area contributed by atoms with Crippen LogP contribution in [0.3, 0.4) is 0 Å². The maximum absolute atomic E-state index is 12.7. The molecule has 0 bridgehead atoms. The van der Waals surface area contributed by atoms with E-state index in [-0.39, 0.29) is 11.3 Å². The highest BCUT2D eigenvalue weighted by atomic mass is 79.9. The van der Waals surface area contributed by atoms with Gasteiger partial charge in [-0.25, -0.2) is 4.98 Å². The van der Waals surface area contributed by atoms with Crippen LogP contribution in [0.2, 0.25) is 0 Å². The molecule has 0 unspecified atom stereocenters. The van der Waals surface area contributed by atoms with Crippen LogP contribution in [0, 0.1) is 0 Å². The Morgan fingerprint density at radius 3 is 2.52 bits per heavy atom. The molecule has 0 fully saturated rings. The van der Waals surface area contributed by atoms with Gasteiger partial charge in [0.05, 0.1) is 16.8 Å². The Kier molecular flexibility index (Phi) is 4.67. The molecular weight excluding hydrogens is 417 g/mol. The molecule has 8 heteroatoms. The van der Waals surface area contributed by atoms with Gasteiger partial charge in [-0.05, 0) is 62.2 Å². The third-order valence-electron chi connectivity index (χ3n) is 2.55. The molecule has 0 saturated carbocycles. The average Bonchev–Trinajstić information content (AvgIpc) is 2.40. The lowest BCUT2D eigenvalue weighted by Crippen LogP contribution is -2.14. The van der Waals surface area contributed by atoms with Crippen molar-refractivity contribution in [3.8, 4) is 0 Å². The van der Waals surface area contributed by atoms with Gasteiger partial charge in [-0.1, -0.05) is 0 Å². The number of anilines is 1. The summed E-state index contributed by atoms with van der Waals surface area (Å²) in [6.07, 6.45) is -2.99. The Labute approximate surface area is 134 Å². The predicted octanol–water partition coefficient (Wildman–Crippen LogP) is 4.88. The Hall–Kier alpha value is -1.41. The van der Waals surface area contributed by atoms with Gasteiger partial charge < -0.3 is 5.32 Å². The average molecular weight is 424 g/mol. The first-order chi connectivity index (χ1) is 9.79. The summed E-state index contributed by atoms with van der Waals surface area (Å²) in [5.74, 6) is -0.560. The van der Waals surface area contributed by atoms with Crippen molar-refractivity contribution in [1.82, 2.24) is 4.98 Å². The molecule has 1 aromatic heterocycles. The van der Waals surface area contributed by atoms with E-state index < -0.39 is 17.6 Å². The minimum atomic E-state index is -4.48. The zero-order valence-electron chi connectivity index (χ0n) is 10.2.